The van der Waals surface area contributed by atoms with Gasteiger partial charge in [0, 0.05) is 37.6 Å². The number of sulfonamides is 1. The van der Waals surface area contributed by atoms with Crippen LogP contribution in [0.3, 0.4) is 0 Å². The zero-order chi connectivity index (χ0) is 18.1. The Balaban J connectivity index is 1.65. The van der Waals surface area contributed by atoms with Crippen molar-refractivity contribution in [3.05, 3.63) is 52.2 Å². The van der Waals surface area contributed by atoms with E-state index in [1.165, 1.54) is 9.18 Å². The molecule has 0 amide bonds. The summed E-state index contributed by atoms with van der Waals surface area (Å²) in [4.78, 5) is 3.29. The van der Waals surface area contributed by atoms with Crippen molar-refractivity contribution in [2.24, 2.45) is 0 Å². The largest absolute Gasteiger partial charge is 0.416 e. The van der Waals surface area contributed by atoms with Crippen molar-refractivity contribution in [1.82, 2.24) is 9.21 Å². The van der Waals surface area contributed by atoms with Gasteiger partial charge >= 0.3 is 6.18 Å². The fraction of sp³-hybridized carbons (Fsp3) is 0.375. The molecular weight excluding hydrogens is 373 g/mol. The number of nitrogens with zero attached hydrogens (tertiary/aromatic N) is 2. The van der Waals surface area contributed by atoms with Gasteiger partial charge in [-0.3, -0.25) is 4.90 Å². The molecule has 1 aliphatic heterocycles. The highest BCUT2D eigenvalue weighted by Gasteiger charge is 2.32. The Morgan fingerprint density at radius 1 is 1.00 bits per heavy atom. The van der Waals surface area contributed by atoms with E-state index < -0.39 is 21.8 Å². The number of hydrogen-bond acceptors (Lipinski definition) is 4. The molecule has 2 aromatic rings. The SMILES string of the molecule is O=S(=O)(c1ccc(C(F)(F)F)cc1)N1CCN(Cc2cccs2)CC1. The van der Waals surface area contributed by atoms with Gasteiger partial charge in [0.15, 0.2) is 0 Å². The lowest BCUT2D eigenvalue weighted by atomic mass is 10.2. The van der Waals surface area contributed by atoms with E-state index in [0.29, 0.717) is 26.2 Å². The average molecular weight is 390 g/mol. The third-order valence-corrected chi connectivity index (χ3v) is 6.88. The molecule has 9 heteroatoms. The molecule has 0 saturated carbocycles. The van der Waals surface area contributed by atoms with Crippen LogP contribution in [0.15, 0.2) is 46.7 Å². The Morgan fingerprint density at radius 2 is 1.64 bits per heavy atom. The standard InChI is InChI=1S/C16H17F3N2O2S2/c17-16(18,19)13-3-5-15(6-4-13)25(22,23)21-9-7-20(8-10-21)12-14-2-1-11-24-14/h1-6,11H,7-10,12H2. The minimum absolute atomic E-state index is 0.104. The number of alkyl halides is 3. The summed E-state index contributed by atoms with van der Waals surface area (Å²) in [5.41, 5.74) is -0.854. The van der Waals surface area contributed by atoms with Crippen molar-refractivity contribution in [3.8, 4) is 0 Å². The monoisotopic (exact) mass is 390 g/mol. The van der Waals surface area contributed by atoms with Crippen molar-refractivity contribution < 1.29 is 21.6 Å². The van der Waals surface area contributed by atoms with Crippen LogP contribution in [0.4, 0.5) is 13.2 Å². The van der Waals surface area contributed by atoms with Crippen molar-refractivity contribution in [2.45, 2.75) is 17.6 Å². The van der Waals surface area contributed by atoms with Crippen LogP contribution in [0.5, 0.6) is 0 Å². The van der Waals surface area contributed by atoms with Crippen LogP contribution < -0.4 is 0 Å². The van der Waals surface area contributed by atoms with Crippen molar-refractivity contribution in [3.63, 3.8) is 0 Å². The number of benzene rings is 1. The third-order valence-electron chi connectivity index (χ3n) is 4.11. The molecule has 1 aliphatic rings. The number of halogens is 3. The Labute approximate surface area is 148 Å². The third kappa shape index (κ3) is 4.22. The van der Waals surface area contributed by atoms with E-state index >= 15 is 0 Å². The lowest BCUT2D eigenvalue weighted by molar-refractivity contribution is -0.137. The Morgan fingerprint density at radius 3 is 2.16 bits per heavy atom. The maximum Gasteiger partial charge on any atom is 0.416 e. The first-order valence-corrected chi connectivity index (χ1v) is 10.0. The summed E-state index contributed by atoms with van der Waals surface area (Å²) < 4.78 is 64.3. The number of rotatable bonds is 4. The van der Waals surface area contributed by atoms with E-state index in [1.807, 2.05) is 17.5 Å². The van der Waals surface area contributed by atoms with Gasteiger partial charge in [-0.1, -0.05) is 6.07 Å². The van der Waals surface area contributed by atoms with E-state index in [-0.39, 0.29) is 4.90 Å². The molecule has 136 valence electrons. The second kappa shape index (κ2) is 7.06. The van der Waals surface area contributed by atoms with E-state index in [2.05, 4.69) is 4.90 Å². The first-order chi connectivity index (χ1) is 11.8. The second-order valence-corrected chi connectivity index (χ2v) is 8.75. The van der Waals surface area contributed by atoms with Gasteiger partial charge in [-0.2, -0.15) is 17.5 Å². The zero-order valence-corrected chi connectivity index (χ0v) is 14.9. The molecule has 4 nitrogen and oxygen atoms in total. The lowest BCUT2D eigenvalue weighted by Crippen LogP contribution is -2.48. The molecule has 0 radical (unpaired) electrons. The van der Waals surface area contributed by atoms with Crippen LogP contribution in [0.1, 0.15) is 10.4 Å². The normalized spacial score (nSPS) is 17.7. The maximum absolute atomic E-state index is 12.6. The smallest absolute Gasteiger partial charge is 0.296 e. The van der Waals surface area contributed by atoms with Gasteiger partial charge < -0.3 is 0 Å². The highest BCUT2D eigenvalue weighted by molar-refractivity contribution is 7.89. The fourth-order valence-electron chi connectivity index (χ4n) is 2.72. The van der Waals surface area contributed by atoms with Crippen molar-refractivity contribution in [1.29, 1.82) is 0 Å². The van der Waals surface area contributed by atoms with E-state index in [1.54, 1.807) is 11.3 Å². The van der Waals surface area contributed by atoms with Gasteiger partial charge in [0.05, 0.1) is 10.5 Å². The number of piperazine rings is 1. The van der Waals surface area contributed by atoms with Gasteiger partial charge in [-0.15, -0.1) is 11.3 Å². The Hall–Kier alpha value is -1.42. The maximum atomic E-state index is 12.6. The topological polar surface area (TPSA) is 40.6 Å². The zero-order valence-electron chi connectivity index (χ0n) is 13.2. The average Bonchev–Trinajstić information content (AvgIpc) is 3.08. The molecule has 1 saturated heterocycles. The minimum Gasteiger partial charge on any atom is -0.296 e. The van der Waals surface area contributed by atoms with E-state index in [4.69, 9.17) is 0 Å². The van der Waals surface area contributed by atoms with Gasteiger partial charge in [0.25, 0.3) is 0 Å². The molecule has 3 rings (SSSR count). The predicted molar refractivity (Wildman–Crippen MR) is 89.8 cm³/mol. The highest BCUT2D eigenvalue weighted by atomic mass is 32.2. The Bertz CT molecular complexity index is 795. The van der Waals surface area contributed by atoms with Crippen LogP contribution in [0.25, 0.3) is 0 Å². The molecule has 0 aliphatic carbocycles. The second-order valence-electron chi connectivity index (χ2n) is 5.78. The predicted octanol–water partition coefficient (Wildman–Crippen LogP) is 3.27. The quantitative estimate of drug-likeness (QED) is 0.805. The summed E-state index contributed by atoms with van der Waals surface area (Å²) in [6, 6.07) is 7.67. The van der Waals surface area contributed by atoms with Gasteiger partial charge in [-0.25, -0.2) is 8.42 Å². The molecule has 0 N–H and O–H groups in total. The molecule has 0 atom stereocenters. The minimum atomic E-state index is -4.48. The lowest BCUT2D eigenvalue weighted by Gasteiger charge is -2.33. The highest BCUT2D eigenvalue weighted by Crippen LogP contribution is 2.30. The summed E-state index contributed by atoms with van der Waals surface area (Å²) in [6.07, 6.45) is -4.48. The molecule has 1 aromatic carbocycles. The number of hydrogen-bond donors (Lipinski definition) is 0. The van der Waals surface area contributed by atoms with E-state index in [9.17, 15) is 21.6 Å². The summed E-state index contributed by atoms with van der Waals surface area (Å²) >= 11 is 1.66. The molecule has 0 spiro atoms. The summed E-state index contributed by atoms with van der Waals surface area (Å²) in [7, 11) is -3.77. The van der Waals surface area contributed by atoms with Gasteiger partial charge in [0.1, 0.15) is 0 Å². The summed E-state index contributed by atoms with van der Waals surface area (Å²) in [5, 5.41) is 2.00. The van der Waals surface area contributed by atoms with Gasteiger partial charge in [0.2, 0.25) is 10.0 Å². The van der Waals surface area contributed by atoms with Crippen LogP contribution in [0.2, 0.25) is 0 Å². The molecule has 1 fully saturated rings. The van der Waals surface area contributed by atoms with Gasteiger partial charge in [-0.05, 0) is 35.7 Å². The molecule has 2 heterocycles. The van der Waals surface area contributed by atoms with Crippen molar-refractivity contribution in [2.75, 3.05) is 26.2 Å². The first-order valence-electron chi connectivity index (χ1n) is 7.69. The van der Waals surface area contributed by atoms with E-state index in [0.717, 1.165) is 30.8 Å². The van der Waals surface area contributed by atoms with Crippen LogP contribution in [-0.4, -0.2) is 43.8 Å². The molecule has 25 heavy (non-hydrogen) atoms. The molecule has 0 unspecified atom stereocenters. The van der Waals surface area contributed by atoms with Crippen LogP contribution in [-0.2, 0) is 22.7 Å². The fourth-order valence-corrected chi connectivity index (χ4v) is 4.88. The molecular formula is C16H17F3N2O2S2. The van der Waals surface area contributed by atoms with Crippen LogP contribution >= 0.6 is 11.3 Å². The molecule has 1 aromatic heterocycles. The summed E-state index contributed by atoms with van der Waals surface area (Å²) in [5.74, 6) is 0. The molecule has 0 bridgehead atoms. The first kappa shape index (κ1) is 18.4. The summed E-state index contributed by atoms with van der Waals surface area (Å²) in [6.45, 7) is 2.63. The Kier molecular flexibility index (Phi) is 5.19. The van der Waals surface area contributed by atoms with Crippen molar-refractivity contribution >= 4 is 21.4 Å². The van der Waals surface area contributed by atoms with Crippen LogP contribution in [0, 0.1) is 0 Å². The number of thiophene rings is 1.